The van der Waals surface area contributed by atoms with Crippen LogP contribution in [0.5, 0.6) is 0 Å². The molecule has 0 aliphatic rings. The Balaban J connectivity index is 4.63. The van der Waals surface area contributed by atoms with Gasteiger partial charge in [0, 0.05) is 6.42 Å². The van der Waals surface area contributed by atoms with Gasteiger partial charge in [-0.05, 0) is 70.6 Å². The molecule has 0 radical (unpaired) electrons. The molecule has 320 valence electrons. The fourth-order valence-electron chi connectivity index (χ4n) is 6.89. The molecule has 3 N–H and O–H groups in total. The summed E-state index contributed by atoms with van der Waals surface area (Å²) < 4.78 is 5.88. The maximum Gasteiger partial charge on any atom is 0.306 e. The Morgan fingerprint density at radius 1 is 0.545 bits per heavy atom. The number of amides is 1. The van der Waals surface area contributed by atoms with E-state index in [1.807, 2.05) is 12.2 Å². The zero-order valence-electron chi connectivity index (χ0n) is 36.3. The van der Waals surface area contributed by atoms with Crippen LogP contribution in [0.4, 0.5) is 0 Å². The Labute approximate surface area is 340 Å². The highest BCUT2D eigenvalue weighted by Crippen LogP contribution is 2.17. The molecule has 0 spiro atoms. The molecule has 0 aliphatic heterocycles. The van der Waals surface area contributed by atoms with Crippen molar-refractivity contribution in [1.82, 2.24) is 5.32 Å². The van der Waals surface area contributed by atoms with E-state index in [0.717, 1.165) is 83.5 Å². The average Bonchev–Trinajstić information content (AvgIpc) is 3.18. The van der Waals surface area contributed by atoms with Crippen LogP contribution in [0.15, 0.2) is 48.6 Å². The summed E-state index contributed by atoms with van der Waals surface area (Å²) in [7, 11) is 0. The van der Waals surface area contributed by atoms with Crippen LogP contribution in [0.25, 0.3) is 0 Å². The van der Waals surface area contributed by atoms with Gasteiger partial charge in [0.1, 0.15) is 6.10 Å². The summed E-state index contributed by atoms with van der Waals surface area (Å²) in [5.74, 6) is -0.528. The van der Waals surface area contributed by atoms with Crippen LogP contribution in [0.3, 0.4) is 0 Å². The summed E-state index contributed by atoms with van der Waals surface area (Å²) in [6.07, 6.45) is 50.3. The molecule has 3 unspecified atom stereocenters. The molecule has 0 rings (SSSR count). The van der Waals surface area contributed by atoms with E-state index < -0.39 is 18.2 Å². The minimum absolute atomic E-state index is 0.0485. The zero-order chi connectivity index (χ0) is 40.3. The highest BCUT2D eigenvalue weighted by molar-refractivity contribution is 5.77. The molecule has 0 aliphatic carbocycles. The second-order valence-corrected chi connectivity index (χ2v) is 15.8. The normalized spacial score (nSPS) is 13.8. The third kappa shape index (κ3) is 38.5. The summed E-state index contributed by atoms with van der Waals surface area (Å²) in [5.41, 5.74) is 0. The molecular weight excluding hydrogens is 683 g/mol. The van der Waals surface area contributed by atoms with E-state index >= 15 is 0 Å². The summed E-state index contributed by atoms with van der Waals surface area (Å²) in [6.45, 7) is 6.31. The standard InChI is InChI=1S/C49H89NO5/c1-4-7-10-13-16-19-22-23-24-27-30-33-36-39-42-49(54)55-45(40-37-34-31-28-25-20-17-14-11-8-5-2)43-48(53)50-46(44-51)47(52)41-38-35-32-29-26-21-18-15-12-9-6-3/h8,11,14,17,20,24-25,27,45-47,51-52H,4-7,9-10,12-13,15-16,18-19,21-23,26,28-44H2,1-3H3,(H,50,53)/b11-8+,17-14+,25-20-,27-24-. The lowest BCUT2D eigenvalue weighted by Gasteiger charge is -2.24. The van der Waals surface area contributed by atoms with Gasteiger partial charge in [0.05, 0.1) is 25.2 Å². The van der Waals surface area contributed by atoms with Gasteiger partial charge >= 0.3 is 5.97 Å². The van der Waals surface area contributed by atoms with Gasteiger partial charge in [0.25, 0.3) is 0 Å². The molecule has 6 heteroatoms. The third-order valence-electron chi connectivity index (χ3n) is 10.5. The largest absolute Gasteiger partial charge is 0.462 e. The Hall–Kier alpha value is -2.18. The first-order valence-electron chi connectivity index (χ1n) is 23.4. The number of allylic oxidation sites excluding steroid dienone is 8. The van der Waals surface area contributed by atoms with E-state index in [4.69, 9.17) is 4.74 Å². The number of aliphatic hydroxyl groups excluding tert-OH is 2. The van der Waals surface area contributed by atoms with Crippen LogP contribution >= 0.6 is 0 Å². The first kappa shape index (κ1) is 52.8. The smallest absolute Gasteiger partial charge is 0.306 e. The molecular formula is C49H89NO5. The van der Waals surface area contributed by atoms with E-state index in [-0.39, 0.29) is 24.9 Å². The predicted molar refractivity (Wildman–Crippen MR) is 236 cm³/mol. The van der Waals surface area contributed by atoms with Gasteiger partial charge in [-0.3, -0.25) is 9.59 Å². The summed E-state index contributed by atoms with van der Waals surface area (Å²) in [6, 6.07) is -0.713. The van der Waals surface area contributed by atoms with Crippen molar-refractivity contribution in [2.75, 3.05) is 6.61 Å². The van der Waals surface area contributed by atoms with Crippen LogP contribution < -0.4 is 5.32 Å². The SMILES string of the molecule is CC/C=C/C=C/C=C\CCCCCC(CC(=O)NC(CO)C(O)CCCCCCCCCCCCC)OC(=O)CCCCC/C=C\CCCCCCCCC. The quantitative estimate of drug-likeness (QED) is 0.0249. The molecule has 6 nitrogen and oxygen atoms in total. The van der Waals surface area contributed by atoms with Crippen LogP contribution in [-0.2, 0) is 14.3 Å². The van der Waals surface area contributed by atoms with Gasteiger partial charge in [0.15, 0.2) is 0 Å². The maximum absolute atomic E-state index is 13.1. The lowest BCUT2D eigenvalue weighted by Crippen LogP contribution is -2.46. The van der Waals surface area contributed by atoms with Crippen LogP contribution in [0, 0.1) is 0 Å². The number of ether oxygens (including phenoxy) is 1. The first-order valence-corrected chi connectivity index (χ1v) is 23.4. The second-order valence-electron chi connectivity index (χ2n) is 15.8. The Morgan fingerprint density at radius 2 is 1.00 bits per heavy atom. The van der Waals surface area contributed by atoms with E-state index in [9.17, 15) is 19.8 Å². The van der Waals surface area contributed by atoms with Crippen molar-refractivity contribution in [2.45, 2.75) is 244 Å². The molecule has 0 saturated carbocycles. The third-order valence-corrected chi connectivity index (χ3v) is 10.5. The molecule has 0 saturated heterocycles. The molecule has 0 heterocycles. The van der Waals surface area contributed by atoms with Gasteiger partial charge in [-0.1, -0.05) is 191 Å². The molecule has 1 amide bonds. The van der Waals surface area contributed by atoms with Gasteiger partial charge in [0.2, 0.25) is 5.91 Å². The topological polar surface area (TPSA) is 95.9 Å². The average molecular weight is 772 g/mol. The Kier molecular flexibility index (Phi) is 41.2. The number of carbonyl (C=O) groups is 2. The maximum atomic E-state index is 13.1. The fraction of sp³-hybridized carbons (Fsp3) is 0.796. The van der Waals surface area contributed by atoms with Crippen LogP contribution in [0.2, 0.25) is 0 Å². The lowest BCUT2D eigenvalue weighted by molar-refractivity contribution is -0.151. The van der Waals surface area contributed by atoms with E-state index in [1.54, 1.807) is 0 Å². The van der Waals surface area contributed by atoms with Crippen molar-refractivity contribution in [3.63, 3.8) is 0 Å². The van der Waals surface area contributed by atoms with Crippen molar-refractivity contribution in [1.29, 1.82) is 0 Å². The van der Waals surface area contributed by atoms with E-state index in [1.165, 1.54) is 96.3 Å². The summed E-state index contributed by atoms with van der Waals surface area (Å²) in [5, 5.41) is 23.6. The van der Waals surface area contributed by atoms with Gasteiger partial charge in [-0.15, -0.1) is 0 Å². The molecule has 55 heavy (non-hydrogen) atoms. The number of rotatable bonds is 41. The number of nitrogens with one attached hydrogen (secondary N) is 1. The first-order chi connectivity index (χ1) is 27.0. The second kappa shape index (κ2) is 43.0. The van der Waals surface area contributed by atoms with Crippen molar-refractivity contribution in [3.05, 3.63) is 48.6 Å². The molecule has 0 aromatic rings. The molecule has 3 atom stereocenters. The van der Waals surface area contributed by atoms with Gasteiger partial charge in [-0.2, -0.15) is 0 Å². The summed E-state index contributed by atoms with van der Waals surface area (Å²) in [4.78, 5) is 26.0. The van der Waals surface area contributed by atoms with Crippen molar-refractivity contribution < 1.29 is 24.5 Å². The van der Waals surface area contributed by atoms with Gasteiger partial charge < -0.3 is 20.3 Å². The minimum atomic E-state index is -0.797. The monoisotopic (exact) mass is 772 g/mol. The summed E-state index contributed by atoms with van der Waals surface area (Å²) >= 11 is 0. The zero-order valence-corrected chi connectivity index (χ0v) is 36.3. The highest BCUT2D eigenvalue weighted by Gasteiger charge is 2.24. The van der Waals surface area contributed by atoms with Gasteiger partial charge in [-0.25, -0.2) is 0 Å². The molecule has 0 fully saturated rings. The van der Waals surface area contributed by atoms with Crippen molar-refractivity contribution in [3.8, 4) is 0 Å². The molecule has 0 aromatic carbocycles. The van der Waals surface area contributed by atoms with Crippen LogP contribution in [0.1, 0.15) is 226 Å². The van der Waals surface area contributed by atoms with Crippen molar-refractivity contribution >= 4 is 11.9 Å². The highest BCUT2D eigenvalue weighted by atomic mass is 16.5. The number of esters is 1. The predicted octanol–water partition coefficient (Wildman–Crippen LogP) is 13.5. The minimum Gasteiger partial charge on any atom is -0.462 e. The lowest BCUT2D eigenvalue weighted by atomic mass is 10.0. The van der Waals surface area contributed by atoms with Crippen LogP contribution in [-0.4, -0.2) is 46.9 Å². The Morgan fingerprint density at radius 3 is 1.55 bits per heavy atom. The molecule has 0 aromatic heterocycles. The number of carbonyl (C=O) groups excluding carboxylic acids is 2. The van der Waals surface area contributed by atoms with Crippen molar-refractivity contribution in [2.24, 2.45) is 0 Å². The van der Waals surface area contributed by atoms with E-state index in [0.29, 0.717) is 19.3 Å². The van der Waals surface area contributed by atoms with E-state index in [2.05, 4.69) is 62.5 Å². The Bertz CT molecular complexity index is 957. The number of unbranched alkanes of at least 4 members (excludes halogenated alkanes) is 23. The fourth-order valence-corrected chi connectivity index (χ4v) is 6.89. The number of hydrogen-bond acceptors (Lipinski definition) is 5. The molecule has 0 bridgehead atoms. The number of hydrogen-bond donors (Lipinski definition) is 3. The number of aliphatic hydroxyl groups is 2.